The molecule has 0 aliphatic heterocycles. The van der Waals surface area contributed by atoms with Crippen LogP contribution >= 0.6 is 0 Å². The van der Waals surface area contributed by atoms with Crippen molar-refractivity contribution in [2.24, 2.45) is 0 Å². The third-order valence-electron chi connectivity index (χ3n) is 4.59. The molecule has 3 aromatic rings. The second-order valence-electron chi connectivity index (χ2n) is 6.97. The molecule has 1 N–H and O–H groups in total. The molecule has 5 heteroatoms. The van der Waals surface area contributed by atoms with Crippen LogP contribution in [0.4, 0.5) is 11.6 Å². The van der Waals surface area contributed by atoms with Crippen molar-refractivity contribution in [1.29, 1.82) is 0 Å². The van der Waals surface area contributed by atoms with Crippen LogP contribution in [0.1, 0.15) is 48.3 Å². The topological polar surface area (TPSA) is 58.1 Å². The molecule has 0 fully saturated rings. The lowest BCUT2D eigenvalue weighted by molar-refractivity contribution is 0.102. The first-order valence-electron chi connectivity index (χ1n) is 9.60. The van der Waals surface area contributed by atoms with Gasteiger partial charge in [-0.1, -0.05) is 56.3 Å². The quantitative estimate of drug-likeness (QED) is 0.640. The second-order valence-corrected chi connectivity index (χ2v) is 6.97. The Morgan fingerprint density at radius 1 is 1.04 bits per heavy atom. The highest BCUT2D eigenvalue weighted by Gasteiger charge is 2.13. The molecule has 28 heavy (non-hydrogen) atoms. The number of hydrogen-bond acceptors (Lipinski definition) is 4. The minimum absolute atomic E-state index is 0.239. The predicted molar refractivity (Wildman–Crippen MR) is 114 cm³/mol. The molecule has 0 spiro atoms. The van der Waals surface area contributed by atoms with E-state index in [0.29, 0.717) is 24.1 Å². The van der Waals surface area contributed by atoms with Gasteiger partial charge < -0.3 is 10.2 Å². The van der Waals surface area contributed by atoms with Gasteiger partial charge in [-0.25, -0.2) is 9.97 Å². The molecule has 0 unspecified atom stereocenters. The standard InChI is InChI=1S/C23H26N4O/c1-4-27(16-18-8-6-5-7-9-18)23-24-15-14-21(26-23)22(28)25-20-12-10-19(11-13-20)17(2)3/h5-15,17H,4,16H2,1-3H3,(H,25,28). The van der Waals surface area contributed by atoms with Gasteiger partial charge in [0.05, 0.1) is 0 Å². The third kappa shape index (κ3) is 4.94. The van der Waals surface area contributed by atoms with E-state index in [1.54, 1.807) is 12.3 Å². The van der Waals surface area contributed by atoms with Crippen molar-refractivity contribution in [2.75, 3.05) is 16.8 Å². The van der Waals surface area contributed by atoms with Crippen LogP contribution in [0.15, 0.2) is 66.9 Å². The van der Waals surface area contributed by atoms with Gasteiger partial charge in [0, 0.05) is 25.0 Å². The number of carbonyl (C=O) groups is 1. The number of carbonyl (C=O) groups excluding carboxylic acids is 1. The molecule has 0 bridgehead atoms. The maximum absolute atomic E-state index is 12.6. The van der Waals surface area contributed by atoms with E-state index in [2.05, 4.69) is 48.2 Å². The zero-order valence-corrected chi connectivity index (χ0v) is 16.6. The van der Waals surface area contributed by atoms with Gasteiger partial charge in [0.15, 0.2) is 0 Å². The van der Waals surface area contributed by atoms with E-state index in [4.69, 9.17) is 0 Å². The summed E-state index contributed by atoms with van der Waals surface area (Å²) in [6.07, 6.45) is 1.63. The van der Waals surface area contributed by atoms with Gasteiger partial charge in [0.2, 0.25) is 5.95 Å². The first-order valence-corrected chi connectivity index (χ1v) is 9.60. The Morgan fingerprint density at radius 3 is 2.39 bits per heavy atom. The van der Waals surface area contributed by atoms with Crippen molar-refractivity contribution in [3.05, 3.63) is 83.7 Å². The second kappa shape index (κ2) is 9.13. The number of nitrogens with zero attached hydrogens (tertiary/aromatic N) is 3. The Hall–Kier alpha value is -3.21. The summed E-state index contributed by atoms with van der Waals surface area (Å²) in [4.78, 5) is 23.5. The predicted octanol–water partition coefficient (Wildman–Crippen LogP) is 4.88. The van der Waals surface area contributed by atoms with Crippen LogP contribution in [0.2, 0.25) is 0 Å². The minimum atomic E-state index is -0.239. The number of benzene rings is 2. The van der Waals surface area contributed by atoms with Crippen LogP contribution in [0.3, 0.4) is 0 Å². The lowest BCUT2D eigenvalue weighted by Crippen LogP contribution is -2.25. The largest absolute Gasteiger partial charge is 0.337 e. The van der Waals surface area contributed by atoms with Gasteiger partial charge in [-0.05, 0) is 42.2 Å². The summed E-state index contributed by atoms with van der Waals surface area (Å²) in [6, 6.07) is 19.7. The van der Waals surface area contributed by atoms with Gasteiger partial charge in [-0.2, -0.15) is 0 Å². The van der Waals surface area contributed by atoms with Crippen molar-refractivity contribution in [3.63, 3.8) is 0 Å². The fraction of sp³-hybridized carbons (Fsp3) is 0.261. The molecular weight excluding hydrogens is 348 g/mol. The Bertz CT molecular complexity index is 907. The Labute approximate surface area is 166 Å². The molecule has 1 amide bonds. The maximum Gasteiger partial charge on any atom is 0.274 e. The average Bonchev–Trinajstić information content (AvgIpc) is 2.73. The molecule has 5 nitrogen and oxygen atoms in total. The highest BCUT2D eigenvalue weighted by atomic mass is 16.1. The normalized spacial score (nSPS) is 10.7. The van der Waals surface area contributed by atoms with E-state index in [1.807, 2.05) is 47.4 Å². The number of rotatable bonds is 7. The van der Waals surface area contributed by atoms with Gasteiger partial charge in [-0.15, -0.1) is 0 Å². The Balaban J connectivity index is 1.73. The zero-order chi connectivity index (χ0) is 19.9. The monoisotopic (exact) mass is 374 g/mol. The van der Waals surface area contributed by atoms with E-state index in [-0.39, 0.29) is 5.91 Å². The van der Waals surface area contributed by atoms with E-state index in [1.165, 1.54) is 11.1 Å². The van der Waals surface area contributed by atoms with Crippen LogP contribution in [0.25, 0.3) is 0 Å². The molecule has 0 aliphatic carbocycles. The van der Waals surface area contributed by atoms with Crippen LogP contribution in [0.5, 0.6) is 0 Å². The smallest absolute Gasteiger partial charge is 0.274 e. The molecule has 3 rings (SSSR count). The third-order valence-corrected chi connectivity index (χ3v) is 4.59. The zero-order valence-electron chi connectivity index (χ0n) is 16.6. The fourth-order valence-electron chi connectivity index (χ4n) is 2.90. The van der Waals surface area contributed by atoms with E-state index in [0.717, 1.165) is 12.2 Å². The van der Waals surface area contributed by atoms with Crippen molar-refractivity contribution in [1.82, 2.24) is 9.97 Å². The summed E-state index contributed by atoms with van der Waals surface area (Å²) in [6.45, 7) is 7.78. The number of nitrogens with one attached hydrogen (secondary N) is 1. The first kappa shape index (κ1) is 19.5. The Kier molecular flexibility index (Phi) is 6.37. The average molecular weight is 374 g/mol. The van der Waals surface area contributed by atoms with Gasteiger partial charge in [0.25, 0.3) is 5.91 Å². The van der Waals surface area contributed by atoms with E-state index >= 15 is 0 Å². The molecule has 0 saturated heterocycles. The lowest BCUT2D eigenvalue weighted by atomic mass is 10.0. The SMILES string of the molecule is CCN(Cc1ccccc1)c1nccc(C(=O)Nc2ccc(C(C)C)cc2)n1. The highest BCUT2D eigenvalue weighted by Crippen LogP contribution is 2.18. The maximum atomic E-state index is 12.6. The molecule has 1 aromatic heterocycles. The summed E-state index contributed by atoms with van der Waals surface area (Å²) in [5.74, 6) is 0.768. The van der Waals surface area contributed by atoms with Crippen LogP contribution in [-0.4, -0.2) is 22.4 Å². The molecular formula is C23H26N4O. The number of aromatic nitrogens is 2. The summed E-state index contributed by atoms with van der Waals surface area (Å²) < 4.78 is 0. The number of anilines is 2. The number of hydrogen-bond donors (Lipinski definition) is 1. The van der Waals surface area contributed by atoms with Gasteiger partial charge in [-0.3, -0.25) is 4.79 Å². The minimum Gasteiger partial charge on any atom is -0.337 e. The molecule has 0 atom stereocenters. The van der Waals surface area contributed by atoms with Crippen LogP contribution < -0.4 is 10.2 Å². The van der Waals surface area contributed by atoms with E-state index in [9.17, 15) is 4.79 Å². The summed E-state index contributed by atoms with van der Waals surface area (Å²) >= 11 is 0. The van der Waals surface area contributed by atoms with Crippen molar-refractivity contribution < 1.29 is 4.79 Å². The summed E-state index contributed by atoms with van der Waals surface area (Å²) in [5.41, 5.74) is 3.52. The highest BCUT2D eigenvalue weighted by molar-refractivity contribution is 6.02. The molecule has 0 aliphatic rings. The van der Waals surface area contributed by atoms with Crippen molar-refractivity contribution >= 4 is 17.5 Å². The summed E-state index contributed by atoms with van der Waals surface area (Å²) in [5, 5.41) is 2.91. The molecule has 0 saturated carbocycles. The Morgan fingerprint density at radius 2 is 1.75 bits per heavy atom. The molecule has 1 heterocycles. The van der Waals surface area contributed by atoms with Gasteiger partial charge in [0.1, 0.15) is 5.69 Å². The molecule has 144 valence electrons. The van der Waals surface area contributed by atoms with Crippen LogP contribution in [0, 0.1) is 0 Å². The van der Waals surface area contributed by atoms with Crippen LogP contribution in [-0.2, 0) is 6.54 Å². The van der Waals surface area contributed by atoms with Crippen molar-refractivity contribution in [3.8, 4) is 0 Å². The number of amides is 1. The molecule has 0 radical (unpaired) electrons. The van der Waals surface area contributed by atoms with Crippen molar-refractivity contribution in [2.45, 2.75) is 33.2 Å². The first-order chi connectivity index (χ1) is 13.6. The lowest BCUT2D eigenvalue weighted by Gasteiger charge is -2.21. The van der Waals surface area contributed by atoms with E-state index < -0.39 is 0 Å². The fourth-order valence-corrected chi connectivity index (χ4v) is 2.90. The molecule has 2 aromatic carbocycles. The summed E-state index contributed by atoms with van der Waals surface area (Å²) in [7, 11) is 0. The van der Waals surface area contributed by atoms with Gasteiger partial charge >= 0.3 is 0 Å².